The number of hydrogen-bond donors (Lipinski definition) is 1. The average Bonchev–Trinajstić information content (AvgIpc) is 2.77. The van der Waals surface area contributed by atoms with Crippen molar-refractivity contribution in [1.29, 1.82) is 5.26 Å². The molecule has 1 aliphatic heterocycles. The Hall–Kier alpha value is -1.60. The lowest BCUT2D eigenvalue weighted by molar-refractivity contribution is 0.617. The van der Waals surface area contributed by atoms with E-state index in [4.69, 9.17) is 5.26 Å². The maximum atomic E-state index is 8.95. The summed E-state index contributed by atoms with van der Waals surface area (Å²) in [5.74, 6) is 0. The number of nitrogens with one attached hydrogen (secondary N) is 1. The number of nitriles is 1. The highest BCUT2D eigenvalue weighted by molar-refractivity contribution is 5.56. The maximum Gasteiger partial charge on any atom is 0.163 e. The average molecular weight is 202 g/mol. The van der Waals surface area contributed by atoms with Gasteiger partial charge in [0.2, 0.25) is 0 Å². The number of anilines is 1. The normalized spacial score (nSPS) is 20.3. The first kappa shape index (κ1) is 9.94. The van der Waals surface area contributed by atoms with E-state index < -0.39 is 0 Å². The molecule has 0 bridgehead atoms. The van der Waals surface area contributed by atoms with Crippen LogP contribution in [0.4, 0.5) is 5.69 Å². The van der Waals surface area contributed by atoms with Crippen molar-refractivity contribution in [2.45, 2.75) is 12.5 Å². The summed E-state index contributed by atoms with van der Waals surface area (Å²) in [5, 5.41) is 12.2. The number of aromatic nitrogens is 1. The third kappa shape index (κ3) is 1.92. The topological polar surface area (TPSA) is 52.0 Å². The van der Waals surface area contributed by atoms with Crippen LogP contribution in [0, 0.1) is 11.3 Å². The van der Waals surface area contributed by atoms with Gasteiger partial charge in [-0.1, -0.05) is 0 Å². The molecule has 0 aliphatic carbocycles. The zero-order chi connectivity index (χ0) is 10.7. The van der Waals surface area contributed by atoms with Crippen LogP contribution in [0.25, 0.3) is 0 Å². The first-order valence-corrected chi connectivity index (χ1v) is 5.12. The van der Waals surface area contributed by atoms with E-state index >= 15 is 0 Å². The Kier molecular flexibility index (Phi) is 2.84. The molecule has 4 nitrogen and oxygen atoms in total. The van der Waals surface area contributed by atoms with Crippen LogP contribution in [0.3, 0.4) is 0 Å². The largest absolute Gasteiger partial charge is 0.368 e. The summed E-state index contributed by atoms with van der Waals surface area (Å²) < 4.78 is 0. The van der Waals surface area contributed by atoms with Crippen LogP contribution < -0.4 is 10.2 Å². The van der Waals surface area contributed by atoms with Crippen LogP contribution in [0.15, 0.2) is 18.3 Å². The Morgan fingerprint density at radius 2 is 2.53 bits per heavy atom. The SMILES string of the molecule is CNC1CCN(c2cccnc2C#N)C1. The molecular weight excluding hydrogens is 188 g/mol. The molecule has 1 aromatic rings. The fraction of sp³-hybridized carbons (Fsp3) is 0.455. The van der Waals surface area contributed by atoms with Gasteiger partial charge in [-0.2, -0.15) is 5.26 Å². The van der Waals surface area contributed by atoms with E-state index in [1.54, 1.807) is 6.20 Å². The smallest absolute Gasteiger partial charge is 0.163 e. The Morgan fingerprint density at radius 1 is 1.67 bits per heavy atom. The van der Waals surface area contributed by atoms with Gasteiger partial charge >= 0.3 is 0 Å². The van der Waals surface area contributed by atoms with E-state index in [9.17, 15) is 0 Å². The number of rotatable bonds is 2. The van der Waals surface area contributed by atoms with Crippen molar-refractivity contribution in [1.82, 2.24) is 10.3 Å². The van der Waals surface area contributed by atoms with E-state index in [-0.39, 0.29) is 0 Å². The fourth-order valence-electron chi connectivity index (χ4n) is 1.95. The standard InChI is InChI=1S/C11H14N4/c1-13-9-4-6-15(8-9)11-3-2-5-14-10(11)7-12/h2-3,5,9,13H,4,6,8H2,1H3. The van der Waals surface area contributed by atoms with Gasteiger partial charge in [0.05, 0.1) is 5.69 Å². The fourth-order valence-corrected chi connectivity index (χ4v) is 1.95. The molecular formula is C11H14N4. The Morgan fingerprint density at radius 3 is 3.20 bits per heavy atom. The van der Waals surface area contributed by atoms with Gasteiger partial charge in [0, 0.05) is 25.3 Å². The van der Waals surface area contributed by atoms with Crippen LogP contribution in [-0.4, -0.2) is 31.2 Å². The summed E-state index contributed by atoms with van der Waals surface area (Å²) in [6, 6.07) is 6.50. The summed E-state index contributed by atoms with van der Waals surface area (Å²) in [5.41, 5.74) is 1.48. The zero-order valence-electron chi connectivity index (χ0n) is 8.77. The lowest BCUT2D eigenvalue weighted by Crippen LogP contribution is -2.29. The van der Waals surface area contributed by atoms with Crippen LogP contribution in [0.5, 0.6) is 0 Å². The predicted octanol–water partition coefficient (Wildman–Crippen LogP) is 0.751. The summed E-state index contributed by atoms with van der Waals surface area (Å²) >= 11 is 0. The van der Waals surface area contributed by atoms with Gasteiger partial charge in [-0.15, -0.1) is 0 Å². The van der Waals surface area contributed by atoms with Crippen molar-refractivity contribution >= 4 is 5.69 Å². The minimum atomic E-state index is 0.522. The highest BCUT2D eigenvalue weighted by atomic mass is 15.2. The summed E-state index contributed by atoms with van der Waals surface area (Å²) in [6.07, 6.45) is 2.78. The van der Waals surface area contributed by atoms with E-state index in [1.165, 1.54) is 0 Å². The molecule has 1 N–H and O–H groups in total. The van der Waals surface area contributed by atoms with Crippen molar-refractivity contribution < 1.29 is 0 Å². The molecule has 1 aromatic heterocycles. The molecule has 15 heavy (non-hydrogen) atoms. The predicted molar refractivity (Wildman–Crippen MR) is 58.6 cm³/mol. The minimum Gasteiger partial charge on any atom is -0.368 e. The Bertz CT molecular complexity index is 382. The van der Waals surface area contributed by atoms with E-state index in [0.29, 0.717) is 11.7 Å². The second-order valence-corrected chi connectivity index (χ2v) is 3.70. The highest BCUT2D eigenvalue weighted by Gasteiger charge is 2.22. The van der Waals surface area contributed by atoms with Crippen molar-refractivity contribution in [3.8, 4) is 6.07 Å². The first-order chi connectivity index (χ1) is 7.35. The van der Waals surface area contributed by atoms with Crippen LogP contribution in [0.2, 0.25) is 0 Å². The number of likely N-dealkylation sites (N-methyl/N-ethyl adjacent to an activating group) is 1. The summed E-state index contributed by atoms with van der Waals surface area (Å²) in [6.45, 7) is 1.95. The number of hydrogen-bond acceptors (Lipinski definition) is 4. The molecule has 4 heteroatoms. The molecule has 1 unspecified atom stereocenters. The molecule has 1 atom stereocenters. The molecule has 1 saturated heterocycles. The van der Waals surface area contributed by atoms with E-state index in [2.05, 4.69) is 21.3 Å². The van der Waals surface area contributed by atoms with E-state index in [0.717, 1.165) is 25.2 Å². The van der Waals surface area contributed by atoms with Crippen molar-refractivity contribution in [2.75, 3.05) is 25.0 Å². The number of pyridine rings is 1. The quantitative estimate of drug-likeness (QED) is 0.769. The molecule has 2 rings (SSSR count). The second kappa shape index (κ2) is 4.28. The molecule has 1 fully saturated rings. The van der Waals surface area contributed by atoms with Gasteiger partial charge < -0.3 is 10.2 Å². The summed E-state index contributed by atoms with van der Waals surface area (Å²) in [7, 11) is 1.97. The monoisotopic (exact) mass is 202 g/mol. The third-order valence-corrected chi connectivity index (χ3v) is 2.83. The minimum absolute atomic E-state index is 0.522. The van der Waals surface area contributed by atoms with Gasteiger partial charge in [0.25, 0.3) is 0 Å². The van der Waals surface area contributed by atoms with Crippen LogP contribution in [0.1, 0.15) is 12.1 Å². The van der Waals surface area contributed by atoms with Gasteiger partial charge in [0.1, 0.15) is 6.07 Å². The lowest BCUT2D eigenvalue weighted by atomic mass is 10.3. The first-order valence-electron chi connectivity index (χ1n) is 5.12. The Balaban J connectivity index is 2.20. The third-order valence-electron chi connectivity index (χ3n) is 2.83. The van der Waals surface area contributed by atoms with Crippen LogP contribution >= 0.6 is 0 Å². The summed E-state index contributed by atoms with van der Waals surface area (Å²) in [4.78, 5) is 6.28. The second-order valence-electron chi connectivity index (χ2n) is 3.70. The molecule has 78 valence electrons. The van der Waals surface area contributed by atoms with Gasteiger partial charge in [-0.25, -0.2) is 4.98 Å². The molecule has 0 saturated carbocycles. The van der Waals surface area contributed by atoms with E-state index in [1.807, 2.05) is 19.2 Å². The van der Waals surface area contributed by atoms with Crippen molar-refractivity contribution in [2.24, 2.45) is 0 Å². The molecule has 2 heterocycles. The van der Waals surface area contributed by atoms with Gasteiger partial charge in [-0.05, 0) is 25.6 Å². The van der Waals surface area contributed by atoms with Crippen molar-refractivity contribution in [3.05, 3.63) is 24.0 Å². The highest BCUT2D eigenvalue weighted by Crippen LogP contribution is 2.22. The van der Waals surface area contributed by atoms with Gasteiger partial charge in [-0.3, -0.25) is 0 Å². The molecule has 0 radical (unpaired) electrons. The number of nitrogens with zero attached hydrogens (tertiary/aromatic N) is 3. The zero-order valence-corrected chi connectivity index (χ0v) is 8.77. The van der Waals surface area contributed by atoms with Crippen LogP contribution in [-0.2, 0) is 0 Å². The maximum absolute atomic E-state index is 8.95. The molecule has 0 aromatic carbocycles. The molecule has 0 amide bonds. The molecule has 0 spiro atoms. The van der Waals surface area contributed by atoms with Crippen molar-refractivity contribution in [3.63, 3.8) is 0 Å². The molecule has 1 aliphatic rings. The van der Waals surface area contributed by atoms with Gasteiger partial charge in [0.15, 0.2) is 5.69 Å². The Labute approximate surface area is 89.5 Å². The lowest BCUT2D eigenvalue weighted by Gasteiger charge is -2.18.